The molecule has 0 aliphatic rings. The van der Waals surface area contributed by atoms with Crippen molar-refractivity contribution in [2.24, 2.45) is 0 Å². The zero-order valence-corrected chi connectivity index (χ0v) is 18.2. The molecule has 0 radical (unpaired) electrons. The number of fused-ring (bicyclic) bond motifs is 2. The fourth-order valence-electron chi connectivity index (χ4n) is 4.14. The third-order valence-corrected chi connectivity index (χ3v) is 6.10. The van der Waals surface area contributed by atoms with Gasteiger partial charge in [0.15, 0.2) is 0 Å². The number of hydrogen-bond acceptors (Lipinski definition) is 2. The van der Waals surface area contributed by atoms with Gasteiger partial charge >= 0.3 is 0 Å². The molecule has 0 aliphatic heterocycles. The third kappa shape index (κ3) is 5.03. The van der Waals surface area contributed by atoms with E-state index in [1.54, 1.807) is 0 Å². The number of aromatic nitrogens is 2. The summed E-state index contributed by atoms with van der Waals surface area (Å²) in [7, 11) is 0. The molecule has 0 amide bonds. The van der Waals surface area contributed by atoms with Crippen LogP contribution in [0.3, 0.4) is 0 Å². The van der Waals surface area contributed by atoms with Gasteiger partial charge in [0.1, 0.15) is 0 Å². The van der Waals surface area contributed by atoms with Crippen molar-refractivity contribution in [3.8, 4) is 0 Å². The minimum Gasteiger partial charge on any atom is -0.264 e. The maximum Gasteiger partial charge on any atom is 0.0579 e. The molecule has 2 nitrogen and oxygen atoms in total. The van der Waals surface area contributed by atoms with E-state index in [1.165, 1.54) is 73.4 Å². The van der Waals surface area contributed by atoms with Gasteiger partial charge in [0, 0.05) is 40.4 Å². The van der Waals surface area contributed by atoms with Crippen molar-refractivity contribution < 1.29 is 0 Å². The molecule has 2 heterocycles. The number of unbranched alkanes of at least 4 members (excludes halogenated alkanes) is 7. The number of rotatable bonds is 11. The van der Waals surface area contributed by atoms with Crippen LogP contribution in [-0.2, 0) is 12.8 Å². The Bertz CT molecular complexity index is 904. The van der Waals surface area contributed by atoms with E-state index in [-0.39, 0.29) is 0 Å². The van der Waals surface area contributed by atoms with E-state index in [9.17, 15) is 0 Å². The van der Waals surface area contributed by atoms with Crippen molar-refractivity contribution in [2.45, 2.75) is 84.5 Å². The lowest BCUT2D eigenvalue weighted by Gasteiger charge is -2.14. The Labute approximate surface area is 174 Å². The lowest BCUT2D eigenvalue weighted by molar-refractivity contribution is 0.574. The molecule has 0 fully saturated rings. The monoisotopic (exact) mass is 396 g/mol. The topological polar surface area (TPSA) is 25.8 Å². The molecule has 0 aliphatic carbocycles. The Morgan fingerprint density at radius 1 is 0.750 bits per heavy atom. The first-order chi connectivity index (χ1) is 13.8. The summed E-state index contributed by atoms with van der Waals surface area (Å²) in [5.41, 5.74) is 2.56. The van der Waals surface area contributed by atoms with Crippen LogP contribution >= 0.6 is 11.6 Å². The van der Waals surface area contributed by atoms with Crippen molar-refractivity contribution in [3.63, 3.8) is 0 Å². The van der Waals surface area contributed by atoms with Crippen molar-refractivity contribution in [1.29, 1.82) is 0 Å². The highest BCUT2D eigenvalue weighted by atomic mass is 35.5. The molecular formula is C25H33ClN2. The lowest BCUT2D eigenvalue weighted by Crippen LogP contribution is -1.96. The summed E-state index contributed by atoms with van der Waals surface area (Å²) in [6.07, 6.45) is 19.7. The molecule has 3 heteroatoms. The van der Waals surface area contributed by atoms with Crippen LogP contribution in [0.1, 0.15) is 82.9 Å². The summed E-state index contributed by atoms with van der Waals surface area (Å²) < 4.78 is 0. The minimum absolute atomic E-state index is 0.804. The summed E-state index contributed by atoms with van der Waals surface area (Å²) in [6.45, 7) is 4.50. The Balaban J connectivity index is 1.73. The number of hydrogen-bond donors (Lipinski definition) is 0. The molecule has 3 aromatic rings. The van der Waals surface area contributed by atoms with Gasteiger partial charge in [0.25, 0.3) is 0 Å². The fraction of sp³-hybridized carbons (Fsp3) is 0.520. The lowest BCUT2D eigenvalue weighted by atomic mass is 9.95. The summed E-state index contributed by atoms with van der Waals surface area (Å²) in [4.78, 5) is 9.08. The second-order valence-electron chi connectivity index (χ2n) is 7.91. The Morgan fingerprint density at radius 3 is 2.25 bits per heavy atom. The van der Waals surface area contributed by atoms with E-state index >= 15 is 0 Å². The predicted octanol–water partition coefficient (Wildman–Crippen LogP) is 8.07. The SMILES string of the molecule is CCCCCCCCCCc1cc2c(CCC)c3cnccc3c(Cl)c2cn1. The number of aryl methyl sites for hydroxylation is 2. The smallest absolute Gasteiger partial charge is 0.0579 e. The van der Waals surface area contributed by atoms with Gasteiger partial charge < -0.3 is 0 Å². The average molecular weight is 397 g/mol. The molecule has 0 atom stereocenters. The molecular weight excluding hydrogens is 364 g/mol. The van der Waals surface area contributed by atoms with Gasteiger partial charge in [0.05, 0.1) is 5.02 Å². The molecule has 0 N–H and O–H groups in total. The average Bonchev–Trinajstić information content (AvgIpc) is 2.73. The first-order valence-corrected chi connectivity index (χ1v) is 11.5. The van der Waals surface area contributed by atoms with Gasteiger partial charge in [-0.3, -0.25) is 9.97 Å². The summed E-state index contributed by atoms with van der Waals surface area (Å²) in [5.74, 6) is 0. The van der Waals surface area contributed by atoms with Crippen LogP contribution in [0.5, 0.6) is 0 Å². The summed E-state index contributed by atoms with van der Waals surface area (Å²) in [6, 6.07) is 4.30. The second-order valence-corrected chi connectivity index (χ2v) is 8.29. The van der Waals surface area contributed by atoms with Crippen molar-refractivity contribution in [1.82, 2.24) is 9.97 Å². The highest BCUT2D eigenvalue weighted by molar-refractivity contribution is 6.41. The maximum absolute atomic E-state index is 6.73. The third-order valence-electron chi connectivity index (χ3n) is 5.69. The van der Waals surface area contributed by atoms with Crippen LogP contribution < -0.4 is 0 Å². The number of halogens is 1. The van der Waals surface area contributed by atoms with Gasteiger partial charge in [-0.05, 0) is 42.3 Å². The number of benzene rings is 1. The first kappa shape index (κ1) is 21.0. The minimum atomic E-state index is 0.804. The summed E-state index contributed by atoms with van der Waals surface area (Å²) in [5, 5.41) is 5.41. The van der Waals surface area contributed by atoms with E-state index in [0.29, 0.717) is 0 Å². The van der Waals surface area contributed by atoms with Crippen LogP contribution in [0.25, 0.3) is 21.5 Å². The zero-order valence-electron chi connectivity index (χ0n) is 17.4. The van der Waals surface area contributed by atoms with E-state index in [0.717, 1.165) is 35.1 Å². The number of pyridine rings is 2. The standard InChI is InChI=1S/C25H33ClN2/c1-3-5-6-7-8-9-10-11-13-19-16-22-20(12-4-2)23-17-27-15-14-21(23)25(26)24(22)18-28-19/h14-18H,3-13H2,1-2H3. The van der Waals surface area contributed by atoms with Crippen LogP contribution in [0, 0.1) is 0 Å². The molecule has 150 valence electrons. The first-order valence-electron chi connectivity index (χ1n) is 11.1. The van der Waals surface area contributed by atoms with E-state index < -0.39 is 0 Å². The zero-order chi connectivity index (χ0) is 19.8. The highest BCUT2D eigenvalue weighted by Crippen LogP contribution is 2.36. The Kier molecular flexibility index (Phi) is 8.09. The van der Waals surface area contributed by atoms with Gasteiger partial charge in [-0.25, -0.2) is 0 Å². The second kappa shape index (κ2) is 10.8. The van der Waals surface area contributed by atoms with Crippen LogP contribution in [0.15, 0.2) is 30.7 Å². The van der Waals surface area contributed by atoms with Gasteiger partial charge in [-0.2, -0.15) is 0 Å². The normalized spacial score (nSPS) is 11.5. The fourth-order valence-corrected chi connectivity index (χ4v) is 4.45. The van der Waals surface area contributed by atoms with E-state index in [2.05, 4.69) is 24.9 Å². The molecule has 0 saturated carbocycles. The van der Waals surface area contributed by atoms with Crippen molar-refractivity contribution >= 4 is 33.1 Å². The van der Waals surface area contributed by atoms with Gasteiger partial charge in [-0.15, -0.1) is 0 Å². The Hall–Kier alpha value is -1.67. The summed E-state index contributed by atoms with van der Waals surface area (Å²) >= 11 is 6.73. The maximum atomic E-state index is 6.73. The highest BCUT2D eigenvalue weighted by Gasteiger charge is 2.13. The number of nitrogens with zero attached hydrogens (tertiary/aromatic N) is 2. The van der Waals surface area contributed by atoms with Crippen LogP contribution in [0.4, 0.5) is 0 Å². The van der Waals surface area contributed by atoms with Crippen molar-refractivity contribution in [3.05, 3.63) is 47.0 Å². The van der Waals surface area contributed by atoms with Crippen LogP contribution in [0.2, 0.25) is 5.02 Å². The largest absolute Gasteiger partial charge is 0.264 e. The molecule has 3 rings (SSSR count). The molecule has 1 aromatic carbocycles. The molecule has 0 spiro atoms. The molecule has 0 bridgehead atoms. The predicted molar refractivity (Wildman–Crippen MR) is 122 cm³/mol. The molecule has 28 heavy (non-hydrogen) atoms. The van der Waals surface area contributed by atoms with Crippen LogP contribution in [-0.4, -0.2) is 9.97 Å². The molecule has 2 aromatic heterocycles. The van der Waals surface area contributed by atoms with Gasteiger partial charge in [-0.1, -0.05) is 76.8 Å². The molecule has 0 unspecified atom stereocenters. The Morgan fingerprint density at radius 2 is 1.50 bits per heavy atom. The van der Waals surface area contributed by atoms with Gasteiger partial charge in [0.2, 0.25) is 0 Å². The quantitative estimate of drug-likeness (QED) is 0.242. The molecule has 0 saturated heterocycles. The van der Waals surface area contributed by atoms with Crippen molar-refractivity contribution in [2.75, 3.05) is 0 Å². The van der Waals surface area contributed by atoms with E-state index in [1.807, 2.05) is 24.7 Å². The van der Waals surface area contributed by atoms with E-state index in [4.69, 9.17) is 16.6 Å².